The van der Waals surface area contributed by atoms with Gasteiger partial charge in [0, 0.05) is 19.1 Å². The van der Waals surface area contributed by atoms with Crippen molar-refractivity contribution in [2.45, 2.75) is 52.0 Å². The number of nitrogens with two attached hydrogens (primary N) is 1. The normalized spacial score (nSPS) is 23.6. The first-order valence-electron chi connectivity index (χ1n) is 10.9. The highest BCUT2D eigenvalue weighted by molar-refractivity contribution is 5.91. The van der Waals surface area contributed by atoms with E-state index >= 15 is 0 Å². The summed E-state index contributed by atoms with van der Waals surface area (Å²) < 4.78 is 0. The van der Waals surface area contributed by atoms with E-state index in [1.165, 1.54) is 11.1 Å². The van der Waals surface area contributed by atoms with Crippen molar-refractivity contribution in [2.24, 2.45) is 11.1 Å². The lowest BCUT2D eigenvalue weighted by Crippen LogP contribution is -2.50. The Balaban J connectivity index is 1.83. The third kappa shape index (κ3) is 4.66. The molecule has 1 aliphatic carbocycles. The van der Waals surface area contributed by atoms with Crippen molar-refractivity contribution < 1.29 is 4.79 Å². The first-order chi connectivity index (χ1) is 14.6. The van der Waals surface area contributed by atoms with Crippen LogP contribution in [0.1, 0.15) is 49.4 Å². The molecule has 168 valence electrons. The van der Waals surface area contributed by atoms with Crippen LogP contribution in [0.2, 0.25) is 0 Å². The highest BCUT2D eigenvalue weighted by atomic mass is 16.2. The molecule has 1 aromatic carbocycles. The summed E-state index contributed by atoms with van der Waals surface area (Å²) in [6.07, 6.45) is 5.73. The van der Waals surface area contributed by atoms with E-state index in [1.807, 2.05) is 6.92 Å². The predicted molar refractivity (Wildman–Crippen MR) is 126 cm³/mol. The van der Waals surface area contributed by atoms with Gasteiger partial charge < -0.3 is 11.1 Å². The van der Waals surface area contributed by atoms with Crippen LogP contribution in [0.4, 0.5) is 16.4 Å². The van der Waals surface area contributed by atoms with Crippen LogP contribution in [0.3, 0.4) is 0 Å². The molecule has 0 aliphatic heterocycles. The first kappa shape index (κ1) is 23.0. The van der Waals surface area contributed by atoms with Crippen molar-refractivity contribution in [1.29, 1.82) is 0 Å². The van der Waals surface area contributed by atoms with Crippen molar-refractivity contribution in [1.82, 2.24) is 14.9 Å². The minimum absolute atomic E-state index is 0.0105. The molecule has 1 heterocycles. The van der Waals surface area contributed by atoms with E-state index in [1.54, 1.807) is 18.1 Å². The van der Waals surface area contributed by atoms with E-state index in [4.69, 9.17) is 5.73 Å². The third-order valence-electron chi connectivity index (χ3n) is 6.97. The van der Waals surface area contributed by atoms with Gasteiger partial charge in [0.2, 0.25) is 5.95 Å². The number of rotatable bonds is 6. The second-order valence-electron chi connectivity index (χ2n) is 9.44. The molecule has 1 aromatic heterocycles. The number of benzene rings is 1. The Labute approximate surface area is 186 Å². The molecule has 31 heavy (non-hydrogen) atoms. The van der Waals surface area contributed by atoms with Crippen molar-refractivity contribution in [2.75, 3.05) is 37.9 Å². The van der Waals surface area contributed by atoms with Crippen LogP contribution in [-0.2, 0) is 5.54 Å². The predicted octanol–water partition coefficient (Wildman–Crippen LogP) is 4.06. The van der Waals surface area contributed by atoms with Gasteiger partial charge in [0.15, 0.2) is 0 Å². The van der Waals surface area contributed by atoms with Gasteiger partial charge in [-0.25, -0.2) is 14.8 Å². The molecule has 3 rings (SSSR count). The standard InChI is InChI=1S/C24H36N6O/c1-17-8-7-9-19(14-17)24(29(5)6)12-10-23(3,11-13-24)16-30(21(25)31)20-15-27-22(26-4)28-18(20)2/h7-9,14-15H,10-13,16H2,1-6H3,(H2,25,31)(H,26,27,28)/t23-,24-. The minimum Gasteiger partial charge on any atom is -0.357 e. The Kier molecular flexibility index (Phi) is 6.55. The number of nitrogens with zero attached hydrogens (tertiary/aromatic N) is 4. The maximum atomic E-state index is 12.4. The lowest BCUT2D eigenvalue weighted by atomic mass is 9.65. The van der Waals surface area contributed by atoms with Crippen LogP contribution in [0.5, 0.6) is 0 Å². The number of aromatic nitrogens is 2. The van der Waals surface area contributed by atoms with E-state index < -0.39 is 6.03 Å². The SMILES string of the molecule is CNc1ncc(N(C[C@]2(C)CC[C@@](c3cccc(C)c3)(N(C)C)CC2)C(N)=O)c(C)n1. The number of primary amides is 1. The van der Waals surface area contributed by atoms with Gasteiger partial charge in [-0.15, -0.1) is 0 Å². The van der Waals surface area contributed by atoms with Gasteiger partial charge in [-0.2, -0.15) is 0 Å². The molecule has 1 saturated carbocycles. The monoisotopic (exact) mass is 424 g/mol. The number of hydrogen-bond donors (Lipinski definition) is 2. The van der Waals surface area contributed by atoms with Crippen LogP contribution in [0, 0.1) is 19.3 Å². The molecule has 0 bridgehead atoms. The second-order valence-corrected chi connectivity index (χ2v) is 9.44. The van der Waals surface area contributed by atoms with Crippen molar-refractivity contribution in [3.8, 4) is 0 Å². The molecule has 7 nitrogen and oxygen atoms in total. The van der Waals surface area contributed by atoms with E-state index in [0.29, 0.717) is 18.2 Å². The maximum absolute atomic E-state index is 12.4. The quantitative estimate of drug-likeness (QED) is 0.730. The summed E-state index contributed by atoms with van der Waals surface area (Å²) in [4.78, 5) is 25.1. The number of urea groups is 1. The van der Waals surface area contributed by atoms with Gasteiger partial charge in [-0.1, -0.05) is 36.8 Å². The van der Waals surface area contributed by atoms with Gasteiger partial charge in [-0.3, -0.25) is 9.80 Å². The molecule has 1 aliphatic rings. The highest BCUT2D eigenvalue weighted by Crippen LogP contribution is 2.48. The average Bonchev–Trinajstić information content (AvgIpc) is 2.72. The smallest absolute Gasteiger partial charge is 0.319 e. The average molecular weight is 425 g/mol. The number of carbonyl (C=O) groups excluding carboxylic acids is 1. The van der Waals surface area contributed by atoms with E-state index in [2.05, 4.69) is 72.4 Å². The largest absolute Gasteiger partial charge is 0.357 e. The lowest BCUT2D eigenvalue weighted by molar-refractivity contribution is 0.0459. The molecule has 3 N–H and O–H groups in total. The molecule has 2 aromatic rings. The summed E-state index contributed by atoms with van der Waals surface area (Å²) in [5.74, 6) is 0.531. The van der Waals surface area contributed by atoms with Crippen LogP contribution in [0.25, 0.3) is 0 Å². The fraction of sp³-hybridized carbons (Fsp3) is 0.542. The summed E-state index contributed by atoms with van der Waals surface area (Å²) in [5.41, 5.74) is 9.85. The number of nitrogens with one attached hydrogen (secondary N) is 1. The summed E-state index contributed by atoms with van der Waals surface area (Å²) >= 11 is 0. The molecule has 0 spiro atoms. The Morgan fingerprint density at radius 3 is 2.39 bits per heavy atom. The van der Waals surface area contributed by atoms with E-state index in [0.717, 1.165) is 31.4 Å². The zero-order chi connectivity index (χ0) is 22.8. The molecule has 1 fully saturated rings. The summed E-state index contributed by atoms with van der Waals surface area (Å²) in [6.45, 7) is 6.85. The van der Waals surface area contributed by atoms with Crippen LogP contribution < -0.4 is 16.0 Å². The molecule has 0 unspecified atom stereocenters. The van der Waals surface area contributed by atoms with Crippen molar-refractivity contribution in [3.63, 3.8) is 0 Å². The molecular weight excluding hydrogens is 388 g/mol. The zero-order valence-corrected chi connectivity index (χ0v) is 19.7. The molecule has 0 atom stereocenters. The Morgan fingerprint density at radius 1 is 1.19 bits per heavy atom. The number of anilines is 2. The van der Waals surface area contributed by atoms with Crippen molar-refractivity contribution in [3.05, 3.63) is 47.3 Å². The summed E-state index contributed by atoms with van der Waals surface area (Å²) in [6, 6.07) is 8.38. The second kappa shape index (κ2) is 8.83. The van der Waals surface area contributed by atoms with Crippen LogP contribution in [0.15, 0.2) is 30.5 Å². The molecule has 0 saturated heterocycles. The molecule has 0 radical (unpaired) electrons. The van der Waals surface area contributed by atoms with E-state index in [9.17, 15) is 4.79 Å². The minimum atomic E-state index is -0.465. The lowest BCUT2D eigenvalue weighted by Gasteiger charge is -2.50. The number of hydrogen-bond acceptors (Lipinski definition) is 5. The summed E-state index contributed by atoms with van der Waals surface area (Å²) in [7, 11) is 6.12. The zero-order valence-electron chi connectivity index (χ0n) is 19.7. The van der Waals surface area contributed by atoms with Crippen molar-refractivity contribution >= 4 is 17.7 Å². The Hall–Kier alpha value is -2.67. The molecular formula is C24H36N6O. The number of amides is 2. The first-order valence-corrected chi connectivity index (χ1v) is 10.9. The Morgan fingerprint density at radius 2 is 1.87 bits per heavy atom. The number of aryl methyl sites for hydroxylation is 2. The fourth-order valence-electron chi connectivity index (χ4n) is 4.86. The van der Waals surface area contributed by atoms with Gasteiger partial charge >= 0.3 is 6.03 Å². The topological polar surface area (TPSA) is 87.4 Å². The summed E-state index contributed by atoms with van der Waals surface area (Å²) in [5, 5.41) is 2.93. The Bertz CT molecular complexity index is 933. The molecule has 7 heteroatoms. The molecule has 2 amide bonds. The van der Waals surface area contributed by atoms with Crippen LogP contribution >= 0.6 is 0 Å². The maximum Gasteiger partial charge on any atom is 0.319 e. The van der Waals surface area contributed by atoms with Gasteiger partial charge in [0.1, 0.15) is 0 Å². The fourth-order valence-corrected chi connectivity index (χ4v) is 4.86. The third-order valence-corrected chi connectivity index (χ3v) is 6.97. The number of carbonyl (C=O) groups is 1. The highest BCUT2D eigenvalue weighted by Gasteiger charge is 2.44. The van der Waals surface area contributed by atoms with E-state index in [-0.39, 0.29) is 11.0 Å². The van der Waals surface area contributed by atoms with Gasteiger partial charge in [-0.05, 0) is 64.6 Å². The van der Waals surface area contributed by atoms with Crippen LogP contribution in [-0.4, -0.2) is 48.6 Å². The van der Waals surface area contributed by atoms with Gasteiger partial charge in [0.05, 0.1) is 17.6 Å². The van der Waals surface area contributed by atoms with Gasteiger partial charge in [0.25, 0.3) is 0 Å².